The number of likely N-dealkylation sites (N-methyl/N-ethyl adjacent to an activating group) is 1. The average Bonchev–Trinajstić information content (AvgIpc) is 3.65. The summed E-state index contributed by atoms with van der Waals surface area (Å²) in [6, 6.07) is 17.0. The molecule has 2 fully saturated rings. The van der Waals surface area contributed by atoms with E-state index in [1.165, 1.54) is 23.1 Å². The van der Waals surface area contributed by atoms with E-state index in [0.29, 0.717) is 45.0 Å². The van der Waals surface area contributed by atoms with Gasteiger partial charge in [-0.1, -0.05) is 35.3 Å². The molecule has 6 rings (SSSR count). The van der Waals surface area contributed by atoms with Crippen molar-refractivity contribution in [3.8, 4) is 17.5 Å². The molecule has 2 aromatic carbocycles. The fraction of sp³-hybridized carbons (Fsp3) is 0.192. The maximum Gasteiger partial charge on any atom is 0.332 e. The zero-order valence-corrected chi connectivity index (χ0v) is 21.9. The number of nitrogens with one attached hydrogen (secondary N) is 1. The minimum absolute atomic E-state index is 0.193. The summed E-state index contributed by atoms with van der Waals surface area (Å²) in [6.07, 6.45) is 1.63. The third-order valence-electron chi connectivity index (χ3n) is 7.28. The SMILES string of the molecule is CN1C(=O)N(c2cc(Cl)cc(Cl)c2)C(=O)C12CN(c1ccc(-c3nn[nH]n3)cn1)CC2c1ccc(C#N)cc1. The first-order valence-electron chi connectivity index (χ1n) is 11.8. The van der Waals surface area contributed by atoms with Crippen molar-refractivity contribution in [1.82, 2.24) is 30.5 Å². The summed E-state index contributed by atoms with van der Waals surface area (Å²) in [5.41, 5.74) is 1.04. The summed E-state index contributed by atoms with van der Waals surface area (Å²) in [5.74, 6) is 0.212. The number of hydrogen-bond acceptors (Lipinski definition) is 8. The average molecular weight is 560 g/mol. The first kappa shape index (κ1) is 24.8. The van der Waals surface area contributed by atoms with Crippen LogP contribution in [0.1, 0.15) is 17.0 Å². The molecule has 4 aromatic rings. The molecule has 0 saturated carbocycles. The number of tetrazole rings is 1. The van der Waals surface area contributed by atoms with Crippen LogP contribution in [0.2, 0.25) is 10.0 Å². The number of imide groups is 1. The second kappa shape index (κ2) is 9.34. The first-order chi connectivity index (χ1) is 18.8. The van der Waals surface area contributed by atoms with E-state index in [-0.39, 0.29) is 6.54 Å². The molecule has 2 aliphatic rings. The second-order valence-electron chi connectivity index (χ2n) is 9.34. The van der Waals surface area contributed by atoms with Gasteiger partial charge in [0.05, 0.1) is 23.9 Å². The molecule has 39 heavy (non-hydrogen) atoms. The fourth-order valence-corrected chi connectivity index (χ4v) is 5.88. The van der Waals surface area contributed by atoms with Crippen LogP contribution in [-0.4, -0.2) is 68.1 Å². The van der Waals surface area contributed by atoms with Crippen molar-refractivity contribution in [2.24, 2.45) is 0 Å². The summed E-state index contributed by atoms with van der Waals surface area (Å²) in [4.78, 5) is 37.1. The lowest BCUT2D eigenvalue weighted by atomic mass is 9.80. The predicted octanol–water partition coefficient (Wildman–Crippen LogP) is 3.88. The molecule has 3 amide bonds. The number of urea groups is 1. The highest BCUT2D eigenvalue weighted by Gasteiger charge is 2.64. The second-order valence-corrected chi connectivity index (χ2v) is 10.2. The van der Waals surface area contributed by atoms with Gasteiger partial charge in [0.15, 0.2) is 0 Å². The number of carbonyl (C=O) groups excluding carboxylic acids is 2. The van der Waals surface area contributed by atoms with Gasteiger partial charge < -0.3 is 9.80 Å². The minimum Gasteiger partial charge on any atom is -0.353 e. The molecule has 2 unspecified atom stereocenters. The Morgan fingerprint density at radius 2 is 1.82 bits per heavy atom. The van der Waals surface area contributed by atoms with E-state index in [4.69, 9.17) is 23.2 Å². The van der Waals surface area contributed by atoms with Crippen LogP contribution >= 0.6 is 23.2 Å². The van der Waals surface area contributed by atoms with E-state index in [2.05, 4.69) is 31.7 Å². The number of rotatable bonds is 4. The van der Waals surface area contributed by atoms with Crippen molar-refractivity contribution in [3.05, 3.63) is 82.0 Å². The highest BCUT2D eigenvalue weighted by Crippen LogP contribution is 2.47. The van der Waals surface area contributed by atoms with Crippen molar-refractivity contribution in [1.29, 1.82) is 5.26 Å². The van der Waals surface area contributed by atoms with Crippen LogP contribution in [-0.2, 0) is 4.79 Å². The molecule has 0 bridgehead atoms. The summed E-state index contributed by atoms with van der Waals surface area (Å²) < 4.78 is 0. The minimum atomic E-state index is -1.26. The van der Waals surface area contributed by atoms with Gasteiger partial charge in [-0.2, -0.15) is 10.5 Å². The molecular weight excluding hydrogens is 541 g/mol. The molecule has 2 atom stereocenters. The number of anilines is 2. The third kappa shape index (κ3) is 3.96. The fourth-order valence-electron chi connectivity index (χ4n) is 5.37. The summed E-state index contributed by atoms with van der Waals surface area (Å²) in [6.45, 7) is 0.589. The quantitative estimate of drug-likeness (QED) is 0.372. The van der Waals surface area contributed by atoms with Gasteiger partial charge in [-0.3, -0.25) is 4.79 Å². The maximum absolute atomic E-state index is 14.3. The molecule has 13 heteroatoms. The smallest absolute Gasteiger partial charge is 0.332 e. The van der Waals surface area contributed by atoms with Crippen LogP contribution in [0, 0.1) is 11.3 Å². The third-order valence-corrected chi connectivity index (χ3v) is 7.72. The van der Waals surface area contributed by atoms with Gasteiger partial charge in [-0.15, -0.1) is 10.2 Å². The number of aromatic nitrogens is 5. The summed E-state index contributed by atoms with van der Waals surface area (Å²) in [5, 5.41) is 23.9. The number of nitrogens with zero attached hydrogens (tertiary/aromatic N) is 8. The summed E-state index contributed by atoms with van der Waals surface area (Å²) in [7, 11) is 1.62. The Balaban J connectivity index is 1.43. The van der Waals surface area contributed by atoms with Crippen LogP contribution < -0.4 is 9.80 Å². The number of halogens is 2. The van der Waals surface area contributed by atoms with Gasteiger partial charge in [0.2, 0.25) is 5.82 Å². The Morgan fingerprint density at radius 3 is 2.44 bits per heavy atom. The number of carbonyl (C=O) groups is 2. The van der Waals surface area contributed by atoms with Crippen LogP contribution in [0.4, 0.5) is 16.3 Å². The maximum atomic E-state index is 14.3. The number of nitriles is 1. The molecule has 0 radical (unpaired) electrons. The lowest BCUT2D eigenvalue weighted by Gasteiger charge is -2.33. The van der Waals surface area contributed by atoms with Gasteiger partial charge in [0, 0.05) is 41.3 Å². The van der Waals surface area contributed by atoms with Gasteiger partial charge in [0.25, 0.3) is 5.91 Å². The Morgan fingerprint density at radius 1 is 1.08 bits per heavy atom. The highest BCUT2D eigenvalue weighted by molar-refractivity contribution is 6.35. The molecular formula is C26H19Cl2N9O2. The normalized spacial score (nSPS) is 20.8. The Labute approximate surface area is 232 Å². The Kier molecular flexibility index (Phi) is 5.94. The van der Waals surface area contributed by atoms with Gasteiger partial charge >= 0.3 is 6.03 Å². The number of H-pyrrole nitrogens is 1. The zero-order chi connectivity index (χ0) is 27.3. The van der Waals surface area contributed by atoms with Crippen LogP contribution in [0.5, 0.6) is 0 Å². The van der Waals surface area contributed by atoms with Crippen LogP contribution in [0.15, 0.2) is 60.8 Å². The Hall–Kier alpha value is -4.53. The number of aromatic amines is 1. The molecule has 2 saturated heterocycles. The molecule has 194 valence electrons. The Bertz CT molecular complexity index is 1600. The van der Waals surface area contributed by atoms with Crippen molar-refractivity contribution >= 4 is 46.6 Å². The van der Waals surface area contributed by atoms with Crippen LogP contribution in [0.3, 0.4) is 0 Å². The summed E-state index contributed by atoms with van der Waals surface area (Å²) >= 11 is 12.4. The molecule has 0 aliphatic carbocycles. The highest BCUT2D eigenvalue weighted by atomic mass is 35.5. The molecule has 2 aromatic heterocycles. The van der Waals surface area contributed by atoms with Crippen molar-refractivity contribution in [3.63, 3.8) is 0 Å². The molecule has 1 N–H and O–H groups in total. The van der Waals surface area contributed by atoms with E-state index in [1.807, 2.05) is 29.2 Å². The lowest BCUT2D eigenvalue weighted by Crippen LogP contribution is -2.53. The largest absolute Gasteiger partial charge is 0.353 e. The number of amides is 3. The van der Waals surface area contributed by atoms with Gasteiger partial charge in [0.1, 0.15) is 11.4 Å². The standard InChI is InChI=1S/C26H19Cl2N9O2/c1-35-25(39)37(20-9-18(27)8-19(28)10-20)24(38)26(35)14-36(13-21(26)16-4-2-15(11-29)3-5-16)22-7-6-17(12-30-22)23-31-33-34-32-23/h2-10,12,21H,13-14H2,1H3,(H,31,32,33,34). The molecule has 2 aliphatic heterocycles. The van der Waals surface area contributed by atoms with Gasteiger partial charge in [-0.05, 0) is 53.2 Å². The van der Waals surface area contributed by atoms with Gasteiger partial charge in [-0.25, -0.2) is 14.7 Å². The number of benzene rings is 2. The van der Waals surface area contributed by atoms with Crippen molar-refractivity contribution in [2.45, 2.75) is 11.5 Å². The monoisotopic (exact) mass is 559 g/mol. The first-order valence-corrected chi connectivity index (χ1v) is 12.6. The lowest BCUT2D eigenvalue weighted by molar-refractivity contribution is -0.124. The number of hydrogen-bond donors (Lipinski definition) is 1. The topological polar surface area (TPSA) is 135 Å². The van der Waals surface area contributed by atoms with E-state index in [1.54, 1.807) is 25.4 Å². The zero-order valence-electron chi connectivity index (χ0n) is 20.4. The van der Waals surface area contributed by atoms with Crippen molar-refractivity contribution < 1.29 is 9.59 Å². The van der Waals surface area contributed by atoms with Crippen molar-refractivity contribution in [2.75, 3.05) is 29.9 Å². The van der Waals surface area contributed by atoms with E-state index >= 15 is 0 Å². The van der Waals surface area contributed by atoms with E-state index in [0.717, 1.165) is 10.5 Å². The molecule has 4 heterocycles. The van der Waals surface area contributed by atoms with E-state index in [9.17, 15) is 14.9 Å². The van der Waals surface area contributed by atoms with E-state index < -0.39 is 23.4 Å². The molecule has 11 nitrogen and oxygen atoms in total. The molecule has 1 spiro atoms. The predicted molar refractivity (Wildman–Crippen MR) is 143 cm³/mol. The van der Waals surface area contributed by atoms with Crippen LogP contribution in [0.25, 0.3) is 11.4 Å². The number of pyridine rings is 1.